The van der Waals surface area contributed by atoms with E-state index < -0.39 is 0 Å². The molecule has 0 fully saturated rings. The number of rotatable bonds is 6. The average Bonchev–Trinajstić information content (AvgIpc) is 2.09. The molecule has 1 atom stereocenters. The Labute approximate surface area is 81.4 Å². The highest BCUT2D eigenvalue weighted by molar-refractivity contribution is 6.02. The summed E-state index contributed by atoms with van der Waals surface area (Å²) in [7, 11) is 0. The van der Waals surface area contributed by atoms with Crippen LogP contribution in [0.4, 0.5) is 0 Å². The molecule has 0 aromatic carbocycles. The van der Waals surface area contributed by atoms with E-state index in [9.17, 15) is 4.79 Å². The Morgan fingerprint density at radius 1 is 1.23 bits per heavy atom. The van der Waals surface area contributed by atoms with Gasteiger partial charge < -0.3 is 0 Å². The van der Waals surface area contributed by atoms with Gasteiger partial charge in [-0.05, 0) is 26.7 Å². The van der Waals surface area contributed by atoms with Gasteiger partial charge in [0, 0.05) is 12.3 Å². The van der Waals surface area contributed by atoms with Crippen molar-refractivity contribution in [1.82, 2.24) is 0 Å². The fourth-order valence-electron chi connectivity index (χ4n) is 1.39. The van der Waals surface area contributed by atoms with E-state index in [1.807, 2.05) is 6.92 Å². The van der Waals surface area contributed by atoms with E-state index in [1.54, 1.807) is 6.92 Å². The normalized spacial score (nSPS) is 14.3. The van der Waals surface area contributed by atoms with Crippen LogP contribution < -0.4 is 0 Å². The summed E-state index contributed by atoms with van der Waals surface area (Å²) in [5, 5.41) is 0. The molecule has 0 rings (SSSR count). The number of hydrogen-bond acceptors (Lipinski definition) is 2. The van der Waals surface area contributed by atoms with E-state index in [-0.39, 0.29) is 11.7 Å². The molecular weight excluding hydrogens is 162 g/mol. The number of carbonyl (C=O) groups excluding carboxylic acids is 1. The molecule has 0 heterocycles. The molecule has 13 heavy (non-hydrogen) atoms. The summed E-state index contributed by atoms with van der Waals surface area (Å²) in [6.45, 7) is 8.67. The first-order chi connectivity index (χ1) is 6.13. The molecule has 0 amide bonds. The van der Waals surface area contributed by atoms with Crippen molar-refractivity contribution in [3.63, 3.8) is 0 Å². The Bertz CT molecular complexity index is 185. The molecule has 0 N–H and O–H groups in total. The van der Waals surface area contributed by atoms with Crippen LogP contribution in [0.5, 0.6) is 0 Å². The van der Waals surface area contributed by atoms with Crippen molar-refractivity contribution < 1.29 is 4.79 Å². The minimum absolute atomic E-state index is 0.0662. The van der Waals surface area contributed by atoms with E-state index in [2.05, 4.69) is 18.8 Å². The summed E-state index contributed by atoms with van der Waals surface area (Å²) < 4.78 is 0. The van der Waals surface area contributed by atoms with Crippen molar-refractivity contribution in [3.8, 4) is 0 Å². The van der Waals surface area contributed by atoms with Crippen molar-refractivity contribution in [1.29, 1.82) is 0 Å². The molecule has 0 saturated carbocycles. The first-order valence-corrected chi connectivity index (χ1v) is 5.14. The fraction of sp³-hybridized carbons (Fsp3) is 0.818. The summed E-state index contributed by atoms with van der Waals surface area (Å²) in [5.41, 5.74) is 1.01. The monoisotopic (exact) mass is 183 g/mol. The molecule has 0 aromatic rings. The van der Waals surface area contributed by atoms with Crippen molar-refractivity contribution in [2.75, 3.05) is 6.54 Å². The molecule has 0 radical (unpaired) electrons. The minimum atomic E-state index is 0.0662. The van der Waals surface area contributed by atoms with E-state index in [0.717, 1.165) is 31.5 Å². The number of ketones is 1. The molecule has 0 aliphatic carbocycles. The Kier molecular flexibility index (Phi) is 6.47. The van der Waals surface area contributed by atoms with Crippen LogP contribution in [0.3, 0.4) is 0 Å². The lowest BCUT2D eigenvalue weighted by Crippen LogP contribution is -2.19. The lowest BCUT2D eigenvalue weighted by atomic mass is 9.95. The second kappa shape index (κ2) is 6.81. The second-order valence-corrected chi connectivity index (χ2v) is 3.48. The lowest BCUT2D eigenvalue weighted by molar-refractivity contribution is -0.119. The number of carbonyl (C=O) groups is 1. The molecule has 0 aliphatic rings. The summed E-state index contributed by atoms with van der Waals surface area (Å²) >= 11 is 0. The highest BCUT2D eigenvalue weighted by atomic mass is 16.1. The summed E-state index contributed by atoms with van der Waals surface area (Å²) in [4.78, 5) is 15.6. The van der Waals surface area contributed by atoms with E-state index >= 15 is 0 Å². The maximum Gasteiger partial charge on any atom is 0.138 e. The van der Waals surface area contributed by atoms with Gasteiger partial charge in [0.05, 0.1) is 5.92 Å². The Morgan fingerprint density at radius 2 is 1.85 bits per heavy atom. The van der Waals surface area contributed by atoms with Crippen molar-refractivity contribution in [3.05, 3.63) is 0 Å². The molecule has 2 heteroatoms. The predicted octanol–water partition coefficient (Wildman–Crippen LogP) is 2.86. The van der Waals surface area contributed by atoms with Gasteiger partial charge in [0.2, 0.25) is 0 Å². The molecule has 76 valence electrons. The average molecular weight is 183 g/mol. The smallest absolute Gasteiger partial charge is 0.138 e. The van der Waals surface area contributed by atoms with Gasteiger partial charge in [0.15, 0.2) is 0 Å². The molecular formula is C11H21NO. The summed E-state index contributed by atoms with van der Waals surface area (Å²) in [5.74, 6) is 0.316. The topological polar surface area (TPSA) is 29.4 Å². The SMILES string of the molecule is CCCN=C(C)C(CCC)C(C)=O. The zero-order valence-electron chi connectivity index (χ0n) is 9.26. The minimum Gasteiger partial charge on any atom is -0.299 e. The van der Waals surface area contributed by atoms with Crippen LogP contribution in [0.2, 0.25) is 0 Å². The van der Waals surface area contributed by atoms with Gasteiger partial charge in [-0.2, -0.15) is 0 Å². The van der Waals surface area contributed by atoms with Gasteiger partial charge in [-0.1, -0.05) is 20.3 Å². The van der Waals surface area contributed by atoms with E-state index in [1.165, 1.54) is 0 Å². The van der Waals surface area contributed by atoms with E-state index in [0.29, 0.717) is 0 Å². The Morgan fingerprint density at radius 3 is 2.23 bits per heavy atom. The number of Topliss-reactive ketones (excluding diaryl/α,β-unsaturated/α-hetero) is 1. The van der Waals surface area contributed by atoms with Gasteiger partial charge in [-0.15, -0.1) is 0 Å². The van der Waals surface area contributed by atoms with Gasteiger partial charge in [0.1, 0.15) is 5.78 Å². The van der Waals surface area contributed by atoms with Crippen molar-refractivity contribution in [2.24, 2.45) is 10.9 Å². The number of nitrogens with zero attached hydrogens (tertiary/aromatic N) is 1. The largest absolute Gasteiger partial charge is 0.299 e. The maximum absolute atomic E-state index is 11.3. The fourth-order valence-corrected chi connectivity index (χ4v) is 1.39. The third kappa shape index (κ3) is 4.81. The van der Waals surface area contributed by atoms with E-state index in [4.69, 9.17) is 0 Å². The molecule has 0 spiro atoms. The zero-order chi connectivity index (χ0) is 10.3. The standard InChI is InChI=1S/C11H21NO/c1-5-7-11(10(4)13)9(3)12-8-6-2/h11H,5-8H2,1-4H3. The van der Waals surface area contributed by atoms with Gasteiger partial charge in [-0.25, -0.2) is 0 Å². The lowest BCUT2D eigenvalue weighted by Gasteiger charge is -2.11. The molecule has 0 aliphatic heterocycles. The molecule has 1 unspecified atom stereocenters. The predicted molar refractivity (Wildman–Crippen MR) is 57.3 cm³/mol. The van der Waals surface area contributed by atoms with Crippen LogP contribution in [0.1, 0.15) is 47.0 Å². The first kappa shape index (κ1) is 12.3. The van der Waals surface area contributed by atoms with Crippen molar-refractivity contribution in [2.45, 2.75) is 47.0 Å². The van der Waals surface area contributed by atoms with Crippen molar-refractivity contribution >= 4 is 11.5 Å². The number of hydrogen-bond donors (Lipinski definition) is 0. The Balaban J connectivity index is 4.26. The molecule has 0 saturated heterocycles. The highest BCUT2D eigenvalue weighted by Gasteiger charge is 2.15. The van der Waals surface area contributed by atoms with Crippen LogP contribution in [-0.4, -0.2) is 18.0 Å². The number of aliphatic imine (C=N–C) groups is 1. The third-order valence-electron chi connectivity index (χ3n) is 2.16. The van der Waals surface area contributed by atoms with Crippen LogP contribution in [-0.2, 0) is 4.79 Å². The summed E-state index contributed by atoms with van der Waals surface area (Å²) in [6, 6.07) is 0. The van der Waals surface area contributed by atoms with Crippen LogP contribution in [0, 0.1) is 5.92 Å². The van der Waals surface area contributed by atoms with Crippen LogP contribution >= 0.6 is 0 Å². The van der Waals surface area contributed by atoms with Gasteiger partial charge in [-0.3, -0.25) is 9.79 Å². The highest BCUT2D eigenvalue weighted by Crippen LogP contribution is 2.10. The quantitative estimate of drug-likeness (QED) is 0.582. The van der Waals surface area contributed by atoms with Crippen LogP contribution in [0.15, 0.2) is 4.99 Å². The molecule has 0 aromatic heterocycles. The summed E-state index contributed by atoms with van der Waals surface area (Å²) in [6.07, 6.45) is 3.03. The molecule has 0 bridgehead atoms. The maximum atomic E-state index is 11.3. The van der Waals surface area contributed by atoms with Gasteiger partial charge >= 0.3 is 0 Å². The first-order valence-electron chi connectivity index (χ1n) is 5.14. The second-order valence-electron chi connectivity index (χ2n) is 3.48. The zero-order valence-corrected chi connectivity index (χ0v) is 9.26. The Hall–Kier alpha value is -0.660. The third-order valence-corrected chi connectivity index (χ3v) is 2.16. The molecule has 2 nitrogen and oxygen atoms in total. The van der Waals surface area contributed by atoms with Crippen LogP contribution in [0.25, 0.3) is 0 Å². The van der Waals surface area contributed by atoms with Gasteiger partial charge in [0.25, 0.3) is 0 Å².